The lowest BCUT2D eigenvalue weighted by molar-refractivity contribution is -0.146. The number of hydrogen-bond acceptors (Lipinski definition) is 3. The van der Waals surface area contributed by atoms with Crippen molar-refractivity contribution in [1.82, 2.24) is 5.32 Å². The highest BCUT2D eigenvalue weighted by atomic mass is 16.4. The SMILES string of the molecule is Cc1ccc(C(=O)N[C@](C)(C(=O)O)C2CCCCC2)c(N)c1. The summed E-state index contributed by atoms with van der Waals surface area (Å²) in [6, 6.07) is 5.15. The molecule has 0 aliphatic heterocycles. The summed E-state index contributed by atoms with van der Waals surface area (Å²) in [5.41, 5.74) is 6.29. The van der Waals surface area contributed by atoms with Crippen LogP contribution in [0.1, 0.15) is 54.9 Å². The van der Waals surface area contributed by atoms with Crippen LogP contribution in [-0.4, -0.2) is 22.5 Å². The Morgan fingerprint density at radius 1 is 1.27 bits per heavy atom. The smallest absolute Gasteiger partial charge is 0.329 e. The number of carboxylic acids is 1. The number of aryl methyl sites for hydroxylation is 1. The molecule has 120 valence electrons. The number of carbonyl (C=O) groups excluding carboxylic acids is 1. The van der Waals surface area contributed by atoms with E-state index in [1.165, 1.54) is 0 Å². The first-order chi connectivity index (χ1) is 10.3. The van der Waals surface area contributed by atoms with Crippen molar-refractivity contribution in [3.8, 4) is 0 Å². The lowest BCUT2D eigenvalue weighted by Crippen LogP contribution is -2.57. The number of carboxylic acid groups (broad SMARTS) is 1. The lowest BCUT2D eigenvalue weighted by atomic mass is 9.75. The summed E-state index contributed by atoms with van der Waals surface area (Å²) in [6.07, 6.45) is 4.80. The van der Waals surface area contributed by atoms with Crippen molar-refractivity contribution in [2.24, 2.45) is 5.92 Å². The Balaban J connectivity index is 2.23. The highest BCUT2D eigenvalue weighted by Crippen LogP contribution is 2.33. The second-order valence-corrected chi connectivity index (χ2v) is 6.39. The Labute approximate surface area is 130 Å². The number of benzene rings is 1. The van der Waals surface area contributed by atoms with E-state index in [2.05, 4.69) is 5.32 Å². The van der Waals surface area contributed by atoms with Crippen molar-refractivity contribution >= 4 is 17.6 Å². The van der Waals surface area contributed by atoms with Crippen LogP contribution in [0, 0.1) is 12.8 Å². The summed E-state index contributed by atoms with van der Waals surface area (Å²) < 4.78 is 0. The Hall–Kier alpha value is -2.04. The molecule has 2 rings (SSSR count). The predicted octanol–water partition coefficient (Wildman–Crippen LogP) is 2.73. The van der Waals surface area contributed by atoms with Gasteiger partial charge in [0, 0.05) is 5.69 Å². The minimum atomic E-state index is -1.26. The van der Waals surface area contributed by atoms with E-state index < -0.39 is 17.4 Å². The molecule has 0 bridgehead atoms. The third-order valence-corrected chi connectivity index (χ3v) is 4.69. The number of anilines is 1. The average molecular weight is 304 g/mol. The molecule has 0 radical (unpaired) electrons. The molecular formula is C17H24N2O3. The van der Waals surface area contributed by atoms with Crippen LogP contribution in [-0.2, 0) is 4.79 Å². The van der Waals surface area contributed by atoms with E-state index in [4.69, 9.17) is 5.73 Å². The highest BCUT2D eigenvalue weighted by molar-refractivity contribution is 6.01. The number of carbonyl (C=O) groups is 2. The molecule has 5 heteroatoms. The van der Waals surface area contributed by atoms with Crippen molar-refractivity contribution in [2.45, 2.75) is 51.5 Å². The minimum Gasteiger partial charge on any atom is -0.480 e. The molecule has 0 unspecified atom stereocenters. The summed E-state index contributed by atoms with van der Waals surface area (Å²) in [7, 11) is 0. The molecular weight excluding hydrogens is 280 g/mol. The summed E-state index contributed by atoms with van der Waals surface area (Å²) in [6.45, 7) is 3.50. The van der Waals surface area contributed by atoms with Crippen LogP contribution in [0.2, 0.25) is 0 Å². The second-order valence-electron chi connectivity index (χ2n) is 6.39. The van der Waals surface area contributed by atoms with Crippen molar-refractivity contribution in [2.75, 3.05) is 5.73 Å². The van der Waals surface area contributed by atoms with Gasteiger partial charge in [0.15, 0.2) is 0 Å². The molecule has 0 heterocycles. The largest absolute Gasteiger partial charge is 0.480 e. The Bertz CT molecular complexity index is 579. The average Bonchev–Trinajstić information content (AvgIpc) is 2.47. The Morgan fingerprint density at radius 3 is 2.45 bits per heavy atom. The van der Waals surface area contributed by atoms with Crippen molar-refractivity contribution in [3.63, 3.8) is 0 Å². The van der Waals surface area contributed by atoms with Crippen LogP contribution in [0.4, 0.5) is 5.69 Å². The summed E-state index contributed by atoms with van der Waals surface area (Å²) in [5.74, 6) is -1.46. The molecule has 0 saturated heterocycles. The van der Waals surface area contributed by atoms with Crippen LogP contribution in [0.5, 0.6) is 0 Å². The van der Waals surface area contributed by atoms with E-state index in [0.717, 1.165) is 37.7 Å². The van der Waals surface area contributed by atoms with Crippen molar-refractivity contribution in [3.05, 3.63) is 29.3 Å². The predicted molar refractivity (Wildman–Crippen MR) is 85.7 cm³/mol. The van der Waals surface area contributed by atoms with Gasteiger partial charge in [0.1, 0.15) is 5.54 Å². The summed E-state index contributed by atoms with van der Waals surface area (Å²) >= 11 is 0. The molecule has 1 aromatic carbocycles. The van der Waals surface area contributed by atoms with E-state index >= 15 is 0 Å². The maximum atomic E-state index is 12.5. The number of rotatable bonds is 4. The van der Waals surface area contributed by atoms with E-state index in [1.807, 2.05) is 6.92 Å². The molecule has 5 nitrogen and oxygen atoms in total. The zero-order chi connectivity index (χ0) is 16.3. The molecule has 1 amide bonds. The van der Waals surface area contributed by atoms with Crippen LogP contribution in [0.25, 0.3) is 0 Å². The van der Waals surface area contributed by atoms with Gasteiger partial charge in [-0.1, -0.05) is 25.3 Å². The third-order valence-electron chi connectivity index (χ3n) is 4.69. The van der Waals surface area contributed by atoms with Gasteiger partial charge < -0.3 is 16.2 Å². The van der Waals surface area contributed by atoms with Gasteiger partial charge in [-0.3, -0.25) is 4.79 Å². The van der Waals surface area contributed by atoms with Crippen LogP contribution in [0.3, 0.4) is 0 Å². The van der Waals surface area contributed by atoms with Crippen LogP contribution >= 0.6 is 0 Å². The second kappa shape index (κ2) is 6.38. The van der Waals surface area contributed by atoms with Gasteiger partial charge in [-0.05, 0) is 50.3 Å². The normalized spacial score (nSPS) is 18.5. The first-order valence-corrected chi connectivity index (χ1v) is 7.76. The van der Waals surface area contributed by atoms with Gasteiger partial charge in [-0.15, -0.1) is 0 Å². The topological polar surface area (TPSA) is 92.4 Å². The Morgan fingerprint density at radius 2 is 1.91 bits per heavy atom. The lowest BCUT2D eigenvalue weighted by Gasteiger charge is -2.37. The molecule has 0 spiro atoms. The van der Waals surface area contributed by atoms with Gasteiger partial charge in [0.05, 0.1) is 5.56 Å². The van der Waals surface area contributed by atoms with Crippen molar-refractivity contribution < 1.29 is 14.7 Å². The first kappa shape index (κ1) is 16.3. The first-order valence-electron chi connectivity index (χ1n) is 7.76. The van der Waals surface area contributed by atoms with E-state index in [0.29, 0.717) is 11.3 Å². The standard InChI is InChI=1S/C17H24N2O3/c1-11-8-9-13(14(18)10-11)15(20)19-17(2,16(21)22)12-6-4-3-5-7-12/h8-10,12H,3-7,18H2,1-2H3,(H,19,20)(H,21,22)/t17-/m0/s1. The fourth-order valence-electron chi connectivity index (χ4n) is 3.20. The minimum absolute atomic E-state index is 0.0469. The molecule has 1 saturated carbocycles. The number of hydrogen-bond donors (Lipinski definition) is 3. The van der Waals surface area contributed by atoms with Gasteiger partial charge in [-0.25, -0.2) is 4.79 Å². The highest BCUT2D eigenvalue weighted by Gasteiger charge is 2.43. The van der Waals surface area contributed by atoms with Crippen LogP contribution < -0.4 is 11.1 Å². The van der Waals surface area contributed by atoms with Gasteiger partial charge in [-0.2, -0.15) is 0 Å². The maximum absolute atomic E-state index is 12.5. The summed E-state index contributed by atoms with van der Waals surface area (Å²) in [4.78, 5) is 24.3. The van der Waals surface area contributed by atoms with Gasteiger partial charge in [0.2, 0.25) is 0 Å². The molecule has 1 fully saturated rings. The quantitative estimate of drug-likeness (QED) is 0.746. The molecule has 22 heavy (non-hydrogen) atoms. The monoisotopic (exact) mass is 304 g/mol. The molecule has 1 aliphatic carbocycles. The molecule has 1 atom stereocenters. The van der Waals surface area contributed by atoms with E-state index in [1.54, 1.807) is 25.1 Å². The number of nitrogens with one attached hydrogen (secondary N) is 1. The third kappa shape index (κ3) is 3.24. The van der Waals surface area contributed by atoms with E-state index in [-0.39, 0.29) is 5.92 Å². The number of amides is 1. The van der Waals surface area contributed by atoms with Crippen LogP contribution in [0.15, 0.2) is 18.2 Å². The molecule has 1 aromatic rings. The number of nitrogens with two attached hydrogens (primary N) is 1. The summed E-state index contributed by atoms with van der Waals surface area (Å²) in [5, 5.41) is 12.4. The zero-order valence-corrected chi connectivity index (χ0v) is 13.2. The zero-order valence-electron chi connectivity index (χ0n) is 13.2. The fourth-order valence-corrected chi connectivity index (χ4v) is 3.20. The molecule has 1 aliphatic rings. The van der Waals surface area contributed by atoms with Gasteiger partial charge in [0.25, 0.3) is 5.91 Å². The van der Waals surface area contributed by atoms with Crippen molar-refractivity contribution in [1.29, 1.82) is 0 Å². The number of aliphatic carboxylic acids is 1. The molecule has 0 aromatic heterocycles. The maximum Gasteiger partial charge on any atom is 0.329 e. The van der Waals surface area contributed by atoms with E-state index in [9.17, 15) is 14.7 Å². The van der Waals surface area contributed by atoms with Gasteiger partial charge >= 0.3 is 5.97 Å². The molecule has 4 N–H and O–H groups in total. The fraction of sp³-hybridized carbons (Fsp3) is 0.529. The Kier molecular flexibility index (Phi) is 4.74. The number of nitrogen functional groups attached to an aromatic ring is 1.